The largest absolute Gasteiger partial charge is 0.493 e. The number of carbonyl (C=O) groups is 2. The highest BCUT2D eigenvalue weighted by molar-refractivity contribution is 7.98. The Hall–Kier alpha value is -1.77. The Bertz CT molecular complexity index is 698. The molecule has 3 atom stereocenters. The SMILES string of the molecule is COc1cc2c(cc1OC)CC(N[C@@H](C)C(=O)NC(=O)[C@@H](N)CCSC)CC2. The summed E-state index contributed by atoms with van der Waals surface area (Å²) in [7, 11) is 3.25. The fourth-order valence-corrected chi connectivity index (χ4v) is 3.84. The Balaban J connectivity index is 1.92. The standard InChI is InChI=1S/C20H31N3O4S/c1-12(19(24)23-20(25)16(21)7-8-28-4)22-15-6-5-13-10-17(26-2)18(27-3)11-14(13)9-15/h10-12,15-16,22H,5-9,21H2,1-4H3,(H,23,24,25)/t12-,15?,16-/m0/s1. The number of fused-ring (bicyclic) bond motifs is 1. The van der Waals surface area contributed by atoms with E-state index < -0.39 is 18.0 Å². The van der Waals surface area contributed by atoms with E-state index in [1.54, 1.807) is 32.9 Å². The summed E-state index contributed by atoms with van der Waals surface area (Å²) in [6.07, 6.45) is 5.08. The van der Waals surface area contributed by atoms with Gasteiger partial charge in [0.05, 0.1) is 26.3 Å². The van der Waals surface area contributed by atoms with Crippen LogP contribution in [0.2, 0.25) is 0 Å². The molecular formula is C20H31N3O4S. The fourth-order valence-electron chi connectivity index (χ4n) is 3.35. The zero-order valence-electron chi connectivity index (χ0n) is 17.0. The molecule has 1 unspecified atom stereocenters. The number of rotatable bonds is 9. The molecule has 2 rings (SSSR count). The van der Waals surface area contributed by atoms with Crippen LogP contribution in [0.4, 0.5) is 0 Å². The molecule has 0 radical (unpaired) electrons. The lowest BCUT2D eigenvalue weighted by atomic mass is 9.87. The first kappa shape index (κ1) is 22.5. The summed E-state index contributed by atoms with van der Waals surface area (Å²) >= 11 is 1.62. The van der Waals surface area contributed by atoms with Crippen molar-refractivity contribution in [3.05, 3.63) is 23.3 Å². The van der Waals surface area contributed by atoms with Gasteiger partial charge in [0.2, 0.25) is 11.8 Å². The van der Waals surface area contributed by atoms with Crippen LogP contribution < -0.4 is 25.8 Å². The number of hydrogen-bond donors (Lipinski definition) is 3. The van der Waals surface area contributed by atoms with Gasteiger partial charge in [0, 0.05) is 6.04 Å². The first-order chi connectivity index (χ1) is 13.4. The molecule has 1 aliphatic rings. The molecule has 7 nitrogen and oxygen atoms in total. The van der Waals surface area contributed by atoms with Crippen LogP contribution in [0.25, 0.3) is 0 Å². The van der Waals surface area contributed by atoms with E-state index >= 15 is 0 Å². The number of amides is 2. The van der Waals surface area contributed by atoms with Crippen molar-refractivity contribution in [1.29, 1.82) is 0 Å². The highest BCUT2D eigenvalue weighted by atomic mass is 32.2. The molecule has 0 heterocycles. The minimum absolute atomic E-state index is 0.145. The number of methoxy groups -OCH3 is 2. The lowest BCUT2D eigenvalue weighted by Crippen LogP contribution is -2.52. The third-order valence-corrected chi connectivity index (χ3v) is 5.67. The molecule has 2 amide bonds. The summed E-state index contributed by atoms with van der Waals surface area (Å²) < 4.78 is 10.8. The fraction of sp³-hybridized carbons (Fsp3) is 0.600. The molecular weight excluding hydrogens is 378 g/mol. The monoisotopic (exact) mass is 409 g/mol. The van der Waals surface area contributed by atoms with Gasteiger partial charge in [-0.3, -0.25) is 14.9 Å². The number of aryl methyl sites for hydroxylation is 1. The number of ether oxygens (including phenoxy) is 2. The molecule has 0 aromatic heterocycles. The number of benzene rings is 1. The van der Waals surface area contributed by atoms with Crippen LogP contribution in [0.3, 0.4) is 0 Å². The van der Waals surface area contributed by atoms with E-state index in [2.05, 4.69) is 10.6 Å². The molecule has 1 aliphatic carbocycles. The zero-order chi connectivity index (χ0) is 20.7. The Morgan fingerprint density at radius 1 is 1.21 bits per heavy atom. The number of nitrogens with two attached hydrogens (primary N) is 1. The predicted molar refractivity (Wildman–Crippen MR) is 112 cm³/mol. The third kappa shape index (κ3) is 5.86. The van der Waals surface area contributed by atoms with Crippen molar-refractivity contribution in [2.24, 2.45) is 5.73 Å². The lowest BCUT2D eigenvalue weighted by molar-refractivity contribution is -0.132. The van der Waals surface area contributed by atoms with Crippen LogP contribution in [0.1, 0.15) is 30.9 Å². The summed E-state index contributed by atoms with van der Waals surface area (Å²) in [4.78, 5) is 24.4. The molecule has 1 aromatic carbocycles. The molecule has 0 saturated heterocycles. The summed E-state index contributed by atoms with van der Waals surface area (Å²) in [5, 5.41) is 5.75. The minimum atomic E-state index is -0.660. The van der Waals surface area contributed by atoms with Gasteiger partial charge in [-0.05, 0) is 67.9 Å². The van der Waals surface area contributed by atoms with E-state index in [1.807, 2.05) is 18.4 Å². The van der Waals surface area contributed by atoms with E-state index in [0.717, 1.165) is 30.8 Å². The van der Waals surface area contributed by atoms with E-state index in [-0.39, 0.29) is 11.9 Å². The van der Waals surface area contributed by atoms with Crippen molar-refractivity contribution in [1.82, 2.24) is 10.6 Å². The maximum atomic E-state index is 12.3. The van der Waals surface area contributed by atoms with Crippen LogP contribution in [-0.4, -0.2) is 56.2 Å². The van der Waals surface area contributed by atoms with Crippen molar-refractivity contribution >= 4 is 23.6 Å². The van der Waals surface area contributed by atoms with Gasteiger partial charge >= 0.3 is 0 Å². The summed E-state index contributed by atoms with van der Waals surface area (Å²) in [6.45, 7) is 1.76. The number of nitrogens with one attached hydrogen (secondary N) is 2. The smallest absolute Gasteiger partial charge is 0.243 e. The Labute approximate surface area is 171 Å². The van der Waals surface area contributed by atoms with Crippen LogP contribution in [0.5, 0.6) is 11.5 Å². The van der Waals surface area contributed by atoms with Gasteiger partial charge < -0.3 is 20.5 Å². The first-order valence-corrected chi connectivity index (χ1v) is 10.9. The highest BCUT2D eigenvalue weighted by Gasteiger charge is 2.25. The van der Waals surface area contributed by atoms with Gasteiger partial charge in [-0.2, -0.15) is 11.8 Å². The Kier molecular flexibility index (Phi) is 8.59. The third-order valence-electron chi connectivity index (χ3n) is 5.03. The van der Waals surface area contributed by atoms with Crippen molar-refractivity contribution < 1.29 is 19.1 Å². The second-order valence-electron chi connectivity index (χ2n) is 7.05. The molecule has 8 heteroatoms. The summed E-state index contributed by atoms with van der Waals surface area (Å²) in [5.74, 6) is 1.46. The van der Waals surface area contributed by atoms with Crippen molar-refractivity contribution in [3.8, 4) is 11.5 Å². The van der Waals surface area contributed by atoms with Crippen LogP contribution in [0.15, 0.2) is 12.1 Å². The Morgan fingerprint density at radius 2 is 1.86 bits per heavy atom. The molecule has 156 valence electrons. The van der Waals surface area contributed by atoms with Crippen molar-refractivity contribution in [2.45, 2.75) is 50.7 Å². The van der Waals surface area contributed by atoms with Gasteiger partial charge in [-0.15, -0.1) is 0 Å². The molecule has 0 spiro atoms. The molecule has 0 fully saturated rings. The van der Waals surface area contributed by atoms with E-state index in [0.29, 0.717) is 12.2 Å². The second kappa shape index (κ2) is 10.7. The quantitative estimate of drug-likeness (QED) is 0.564. The topological polar surface area (TPSA) is 103 Å². The molecule has 0 saturated carbocycles. The van der Waals surface area contributed by atoms with Gasteiger partial charge in [0.1, 0.15) is 0 Å². The first-order valence-electron chi connectivity index (χ1n) is 9.48. The normalized spacial score (nSPS) is 18.0. The maximum Gasteiger partial charge on any atom is 0.243 e. The Morgan fingerprint density at radius 3 is 2.46 bits per heavy atom. The summed E-state index contributed by atoms with van der Waals surface area (Å²) in [5.41, 5.74) is 8.24. The van der Waals surface area contributed by atoms with Gasteiger partial charge in [0.15, 0.2) is 11.5 Å². The average Bonchev–Trinajstić information content (AvgIpc) is 2.70. The van der Waals surface area contributed by atoms with Gasteiger partial charge in [0.25, 0.3) is 0 Å². The van der Waals surface area contributed by atoms with E-state index in [4.69, 9.17) is 15.2 Å². The van der Waals surface area contributed by atoms with E-state index in [9.17, 15) is 9.59 Å². The van der Waals surface area contributed by atoms with Crippen LogP contribution in [-0.2, 0) is 22.4 Å². The lowest BCUT2D eigenvalue weighted by Gasteiger charge is -2.29. The average molecular weight is 410 g/mol. The molecule has 28 heavy (non-hydrogen) atoms. The number of carbonyl (C=O) groups excluding carboxylic acids is 2. The van der Waals surface area contributed by atoms with Gasteiger partial charge in [-0.1, -0.05) is 0 Å². The molecule has 1 aromatic rings. The minimum Gasteiger partial charge on any atom is -0.493 e. The molecule has 0 aliphatic heterocycles. The predicted octanol–water partition coefficient (Wildman–Crippen LogP) is 1.26. The number of imide groups is 1. The van der Waals surface area contributed by atoms with Crippen molar-refractivity contribution in [2.75, 3.05) is 26.2 Å². The summed E-state index contributed by atoms with van der Waals surface area (Å²) in [6, 6.07) is 3.03. The van der Waals surface area contributed by atoms with Gasteiger partial charge in [-0.25, -0.2) is 0 Å². The molecule has 0 bridgehead atoms. The molecule has 4 N–H and O–H groups in total. The zero-order valence-corrected chi connectivity index (χ0v) is 17.9. The van der Waals surface area contributed by atoms with Crippen LogP contribution in [0, 0.1) is 0 Å². The van der Waals surface area contributed by atoms with Crippen LogP contribution >= 0.6 is 11.8 Å². The van der Waals surface area contributed by atoms with Crippen molar-refractivity contribution in [3.63, 3.8) is 0 Å². The van der Waals surface area contributed by atoms with E-state index in [1.165, 1.54) is 11.1 Å². The highest BCUT2D eigenvalue weighted by Crippen LogP contribution is 2.34. The number of hydrogen-bond acceptors (Lipinski definition) is 7. The number of thioether (sulfide) groups is 1. The second-order valence-corrected chi connectivity index (χ2v) is 8.03. The maximum absolute atomic E-state index is 12.3.